The number of rotatable bonds is 3. The Balaban J connectivity index is 2.54. The van der Waals surface area contributed by atoms with Crippen LogP contribution < -0.4 is 0 Å². The largest absolute Gasteiger partial charge is 0.462 e. The first-order valence-electron chi connectivity index (χ1n) is 6.07. The molecular weight excluding hydrogens is 296 g/mol. The van der Waals surface area contributed by atoms with E-state index in [1.807, 2.05) is 18.2 Å². The lowest BCUT2D eigenvalue weighted by atomic mass is 10.2. The highest BCUT2D eigenvalue weighted by molar-refractivity contribution is 7.71. The number of hydrogen-bond donors (Lipinski definition) is 1. The fourth-order valence-electron chi connectivity index (χ4n) is 1.81. The van der Waals surface area contributed by atoms with Crippen molar-refractivity contribution < 1.29 is 9.53 Å². The predicted octanol–water partition coefficient (Wildman–Crippen LogP) is 3.94. The first-order valence-corrected chi connectivity index (χ1v) is 6.86. The van der Waals surface area contributed by atoms with Crippen LogP contribution in [0.3, 0.4) is 0 Å². The zero-order valence-corrected chi connectivity index (χ0v) is 12.6. The van der Waals surface area contributed by atoms with Crippen molar-refractivity contribution in [2.45, 2.75) is 13.8 Å². The fourth-order valence-corrected chi connectivity index (χ4v) is 2.36. The van der Waals surface area contributed by atoms with Crippen LogP contribution in [0.4, 0.5) is 0 Å². The van der Waals surface area contributed by atoms with Gasteiger partial charge in [-0.25, -0.2) is 9.78 Å². The lowest BCUT2D eigenvalue weighted by molar-refractivity contribution is 0.0524. The molecule has 0 amide bonds. The number of benzene rings is 1. The summed E-state index contributed by atoms with van der Waals surface area (Å²) in [6, 6.07) is 7.29. The standard InChI is InChI=1S/C14H13ClN2O2S/c1-3-19-14(18)11-8(2)16-12(17-13(11)20)9-6-4-5-7-10(9)15/h4-7H,3H2,1-2H3,(H,16,17,20). The predicted molar refractivity (Wildman–Crippen MR) is 80.6 cm³/mol. The van der Waals surface area contributed by atoms with E-state index in [2.05, 4.69) is 9.97 Å². The molecule has 104 valence electrons. The van der Waals surface area contributed by atoms with Crippen molar-refractivity contribution in [2.24, 2.45) is 0 Å². The van der Waals surface area contributed by atoms with Crippen molar-refractivity contribution in [1.82, 2.24) is 9.97 Å². The quantitative estimate of drug-likeness (QED) is 0.689. The topological polar surface area (TPSA) is 55.0 Å². The first-order chi connectivity index (χ1) is 9.54. The summed E-state index contributed by atoms with van der Waals surface area (Å²) in [6.07, 6.45) is 0. The molecule has 2 aromatic rings. The SMILES string of the molecule is CCOC(=O)c1c(C)[nH]c(-c2ccccc2Cl)nc1=S. The lowest BCUT2D eigenvalue weighted by Gasteiger charge is -2.09. The Morgan fingerprint density at radius 3 is 2.75 bits per heavy atom. The van der Waals surface area contributed by atoms with E-state index in [0.717, 1.165) is 5.56 Å². The molecule has 4 nitrogen and oxygen atoms in total. The van der Waals surface area contributed by atoms with Gasteiger partial charge in [-0.15, -0.1) is 0 Å². The maximum atomic E-state index is 11.8. The molecule has 0 saturated heterocycles. The van der Waals surface area contributed by atoms with E-state index >= 15 is 0 Å². The molecule has 1 aromatic heterocycles. The van der Waals surface area contributed by atoms with Crippen LogP contribution >= 0.6 is 23.8 Å². The second-order valence-corrected chi connectivity index (χ2v) is 4.88. The normalized spacial score (nSPS) is 10.3. The smallest absolute Gasteiger partial charge is 0.343 e. The summed E-state index contributed by atoms with van der Waals surface area (Å²) in [5, 5.41) is 0.564. The van der Waals surface area contributed by atoms with Crippen molar-refractivity contribution in [2.75, 3.05) is 6.61 Å². The zero-order valence-electron chi connectivity index (χ0n) is 11.1. The number of aromatic amines is 1. The van der Waals surface area contributed by atoms with Crippen molar-refractivity contribution in [3.8, 4) is 11.4 Å². The van der Waals surface area contributed by atoms with Crippen molar-refractivity contribution >= 4 is 29.8 Å². The van der Waals surface area contributed by atoms with Gasteiger partial charge in [0.15, 0.2) is 0 Å². The third-order valence-electron chi connectivity index (χ3n) is 2.72. The molecule has 0 bridgehead atoms. The Morgan fingerprint density at radius 2 is 2.15 bits per heavy atom. The monoisotopic (exact) mass is 308 g/mol. The van der Waals surface area contributed by atoms with Gasteiger partial charge in [0, 0.05) is 11.3 Å². The molecule has 1 N–H and O–H groups in total. The van der Waals surface area contributed by atoms with E-state index in [1.54, 1.807) is 19.9 Å². The molecule has 1 heterocycles. The highest BCUT2D eigenvalue weighted by Gasteiger charge is 2.16. The number of halogens is 1. The Kier molecular flexibility index (Phi) is 4.52. The summed E-state index contributed by atoms with van der Waals surface area (Å²) in [5.41, 5.74) is 1.63. The molecule has 20 heavy (non-hydrogen) atoms. The van der Waals surface area contributed by atoms with E-state index in [-0.39, 0.29) is 10.2 Å². The fraction of sp³-hybridized carbons (Fsp3) is 0.214. The number of nitrogens with zero attached hydrogens (tertiary/aromatic N) is 1. The summed E-state index contributed by atoms with van der Waals surface area (Å²) >= 11 is 11.3. The van der Waals surface area contributed by atoms with Gasteiger partial charge in [-0.05, 0) is 26.0 Å². The maximum absolute atomic E-state index is 11.8. The molecule has 0 fully saturated rings. The average molecular weight is 309 g/mol. The minimum atomic E-state index is -0.468. The van der Waals surface area contributed by atoms with Crippen molar-refractivity contribution in [1.29, 1.82) is 0 Å². The van der Waals surface area contributed by atoms with Gasteiger partial charge in [0.2, 0.25) is 0 Å². The molecule has 2 rings (SSSR count). The van der Waals surface area contributed by atoms with Gasteiger partial charge in [0.1, 0.15) is 16.0 Å². The van der Waals surface area contributed by atoms with Crippen LogP contribution in [0.25, 0.3) is 11.4 Å². The minimum Gasteiger partial charge on any atom is -0.462 e. The van der Waals surface area contributed by atoms with Gasteiger partial charge < -0.3 is 9.72 Å². The summed E-state index contributed by atoms with van der Waals surface area (Å²) in [4.78, 5) is 19.1. The molecule has 0 aliphatic heterocycles. The molecule has 0 spiro atoms. The third-order valence-corrected chi connectivity index (χ3v) is 3.34. The molecule has 0 aliphatic carbocycles. The first kappa shape index (κ1) is 14.7. The molecular formula is C14H13ClN2O2S. The number of aryl methyl sites for hydroxylation is 1. The maximum Gasteiger partial charge on any atom is 0.343 e. The van der Waals surface area contributed by atoms with E-state index in [0.29, 0.717) is 23.1 Å². The van der Waals surface area contributed by atoms with E-state index in [4.69, 9.17) is 28.6 Å². The molecule has 0 aliphatic rings. The van der Waals surface area contributed by atoms with Gasteiger partial charge in [-0.3, -0.25) is 0 Å². The number of hydrogen-bond acceptors (Lipinski definition) is 4. The molecule has 0 unspecified atom stereocenters. The van der Waals surface area contributed by atoms with Crippen LogP contribution in [-0.4, -0.2) is 22.5 Å². The second-order valence-electron chi connectivity index (χ2n) is 4.09. The Bertz CT molecular complexity index is 713. The summed E-state index contributed by atoms with van der Waals surface area (Å²) in [7, 11) is 0. The number of ether oxygens (including phenoxy) is 1. The van der Waals surface area contributed by atoms with Gasteiger partial charge in [-0.2, -0.15) is 0 Å². The number of nitrogens with one attached hydrogen (secondary N) is 1. The Hall–Kier alpha value is -1.72. The zero-order chi connectivity index (χ0) is 14.7. The number of carbonyl (C=O) groups excluding carboxylic acids is 1. The average Bonchev–Trinajstić information content (AvgIpc) is 2.38. The van der Waals surface area contributed by atoms with Gasteiger partial charge >= 0.3 is 5.97 Å². The number of H-pyrrole nitrogens is 1. The number of aromatic nitrogens is 2. The van der Waals surface area contributed by atoms with Crippen LogP contribution in [0.5, 0.6) is 0 Å². The molecule has 0 saturated carbocycles. The highest BCUT2D eigenvalue weighted by Crippen LogP contribution is 2.25. The Morgan fingerprint density at radius 1 is 1.45 bits per heavy atom. The third kappa shape index (κ3) is 2.89. The lowest BCUT2D eigenvalue weighted by Crippen LogP contribution is -2.10. The van der Waals surface area contributed by atoms with Crippen LogP contribution in [-0.2, 0) is 4.74 Å². The van der Waals surface area contributed by atoms with Gasteiger partial charge in [0.05, 0.1) is 11.6 Å². The van der Waals surface area contributed by atoms with Crippen LogP contribution in [0.2, 0.25) is 5.02 Å². The summed E-state index contributed by atoms with van der Waals surface area (Å²) in [5.74, 6) is 0.0654. The van der Waals surface area contributed by atoms with Gasteiger partial charge in [-0.1, -0.05) is 36.0 Å². The molecule has 6 heteroatoms. The van der Waals surface area contributed by atoms with Crippen molar-refractivity contribution in [3.05, 3.63) is 45.2 Å². The van der Waals surface area contributed by atoms with E-state index < -0.39 is 5.97 Å². The molecule has 0 atom stereocenters. The van der Waals surface area contributed by atoms with Gasteiger partial charge in [0.25, 0.3) is 0 Å². The van der Waals surface area contributed by atoms with E-state index in [1.165, 1.54) is 0 Å². The second kappa shape index (κ2) is 6.15. The Labute approximate surface area is 126 Å². The van der Waals surface area contributed by atoms with Crippen LogP contribution in [0.15, 0.2) is 24.3 Å². The number of esters is 1. The van der Waals surface area contributed by atoms with Crippen LogP contribution in [0, 0.1) is 11.6 Å². The molecule has 1 aromatic carbocycles. The summed E-state index contributed by atoms with van der Waals surface area (Å²) < 4.78 is 5.17. The van der Waals surface area contributed by atoms with Crippen molar-refractivity contribution in [3.63, 3.8) is 0 Å². The molecule has 0 radical (unpaired) electrons. The van der Waals surface area contributed by atoms with Crippen LogP contribution in [0.1, 0.15) is 23.0 Å². The number of carbonyl (C=O) groups is 1. The highest BCUT2D eigenvalue weighted by atomic mass is 35.5. The minimum absolute atomic E-state index is 0.203. The van der Waals surface area contributed by atoms with E-state index in [9.17, 15) is 4.79 Å². The summed E-state index contributed by atoms with van der Waals surface area (Å²) in [6.45, 7) is 3.79.